The van der Waals surface area contributed by atoms with Crippen LogP contribution in [0.4, 0.5) is 13.2 Å². The number of aliphatic hydroxyl groups is 1. The summed E-state index contributed by atoms with van der Waals surface area (Å²) < 4.78 is 38.2. The summed E-state index contributed by atoms with van der Waals surface area (Å²) >= 11 is 3.21. The average molecular weight is 352 g/mol. The Morgan fingerprint density at radius 1 is 1.30 bits per heavy atom. The van der Waals surface area contributed by atoms with Gasteiger partial charge in [0, 0.05) is 24.1 Å². The molecule has 0 aliphatic carbocycles. The zero-order valence-corrected chi connectivity index (χ0v) is 12.8. The van der Waals surface area contributed by atoms with Crippen LogP contribution in [-0.4, -0.2) is 28.7 Å². The number of halogens is 4. The molecule has 0 spiro atoms. The van der Waals surface area contributed by atoms with Crippen molar-refractivity contribution >= 4 is 15.9 Å². The second-order valence-corrected chi connectivity index (χ2v) is 6.43. The Labute approximate surface area is 124 Å². The van der Waals surface area contributed by atoms with Crippen molar-refractivity contribution in [1.82, 2.24) is 4.90 Å². The third-order valence-electron chi connectivity index (χ3n) is 3.71. The van der Waals surface area contributed by atoms with Crippen LogP contribution in [0.1, 0.15) is 30.9 Å². The first-order valence-electron chi connectivity index (χ1n) is 6.48. The molecule has 20 heavy (non-hydrogen) atoms. The van der Waals surface area contributed by atoms with Crippen LogP contribution in [0.15, 0.2) is 22.7 Å². The van der Waals surface area contributed by atoms with Gasteiger partial charge in [-0.2, -0.15) is 13.2 Å². The molecule has 1 fully saturated rings. The fourth-order valence-electron chi connectivity index (χ4n) is 2.29. The molecular formula is C14H17BrF3NO. The molecule has 1 aliphatic rings. The van der Waals surface area contributed by atoms with E-state index in [9.17, 15) is 18.3 Å². The fraction of sp³-hybridized carbons (Fsp3) is 0.571. The van der Waals surface area contributed by atoms with Crippen LogP contribution in [-0.2, 0) is 12.7 Å². The second kappa shape index (κ2) is 5.66. The first-order valence-corrected chi connectivity index (χ1v) is 7.27. The summed E-state index contributed by atoms with van der Waals surface area (Å²) in [6.07, 6.45) is -2.94. The van der Waals surface area contributed by atoms with Crippen molar-refractivity contribution in [2.24, 2.45) is 0 Å². The smallest absolute Gasteiger partial charge is 0.390 e. The topological polar surface area (TPSA) is 23.5 Å². The first kappa shape index (κ1) is 15.8. The van der Waals surface area contributed by atoms with E-state index >= 15 is 0 Å². The molecule has 1 aromatic carbocycles. The van der Waals surface area contributed by atoms with Gasteiger partial charge in [0.15, 0.2) is 0 Å². The Kier molecular flexibility index (Phi) is 4.47. The molecule has 1 aliphatic heterocycles. The van der Waals surface area contributed by atoms with Crippen LogP contribution >= 0.6 is 15.9 Å². The maximum absolute atomic E-state index is 12.6. The normalized spacial score (nSPS) is 20.1. The van der Waals surface area contributed by atoms with Crippen LogP contribution in [0.3, 0.4) is 0 Å². The lowest BCUT2D eigenvalue weighted by atomic mass is 9.93. The monoisotopic (exact) mass is 351 g/mol. The van der Waals surface area contributed by atoms with E-state index in [0.717, 1.165) is 30.8 Å². The van der Waals surface area contributed by atoms with Crippen LogP contribution in [0.2, 0.25) is 0 Å². The predicted molar refractivity (Wildman–Crippen MR) is 74.3 cm³/mol. The number of rotatable bonds is 2. The third kappa shape index (κ3) is 3.96. The van der Waals surface area contributed by atoms with Crippen LogP contribution in [0, 0.1) is 0 Å². The van der Waals surface area contributed by atoms with Crippen molar-refractivity contribution in [1.29, 1.82) is 0 Å². The molecule has 0 aromatic heterocycles. The molecule has 0 bridgehead atoms. The average Bonchev–Trinajstić information content (AvgIpc) is 2.33. The van der Waals surface area contributed by atoms with Gasteiger partial charge in [0.25, 0.3) is 0 Å². The van der Waals surface area contributed by atoms with Crippen molar-refractivity contribution < 1.29 is 18.3 Å². The van der Waals surface area contributed by atoms with Gasteiger partial charge in [-0.3, -0.25) is 4.90 Å². The third-order valence-corrected chi connectivity index (χ3v) is 4.45. The Hall–Kier alpha value is -0.590. The molecule has 0 unspecified atom stereocenters. The lowest BCUT2D eigenvalue weighted by Gasteiger charge is -2.35. The summed E-state index contributed by atoms with van der Waals surface area (Å²) in [5.41, 5.74) is -0.428. The molecule has 1 saturated heterocycles. The maximum Gasteiger partial charge on any atom is 0.416 e. The van der Waals surface area contributed by atoms with Crippen molar-refractivity contribution in [3.8, 4) is 0 Å². The quantitative estimate of drug-likeness (QED) is 0.875. The molecule has 112 valence electrons. The molecular weight excluding hydrogens is 335 g/mol. The number of hydrogen-bond donors (Lipinski definition) is 1. The highest BCUT2D eigenvalue weighted by atomic mass is 79.9. The van der Waals surface area contributed by atoms with Crippen molar-refractivity contribution in [2.75, 3.05) is 13.1 Å². The molecule has 2 rings (SSSR count). The molecule has 0 amide bonds. The van der Waals surface area contributed by atoms with Crippen molar-refractivity contribution in [3.05, 3.63) is 33.8 Å². The summed E-state index contributed by atoms with van der Waals surface area (Å²) in [6, 6.07) is 3.75. The zero-order valence-electron chi connectivity index (χ0n) is 11.2. The standard InChI is InChI=1S/C14H17BrF3NO/c1-13(20)4-6-19(7-5-13)9-10-2-3-11(8-12(10)15)14(16,17)18/h2-3,8,20H,4-7,9H2,1H3. The number of piperidine rings is 1. The van der Waals surface area contributed by atoms with Gasteiger partial charge in [-0.1, -0.05) is 22.0 Å². The lowest BCUT2D eigenvalue weighted by Crippen LogP contribution is -2.42. The molecule has 6 heteroatoms. The van der Waals surface area contributed by atoms with E-state index in [2.05, 4.69) is 20.8 Å². The number of hydrogen-bond acceptors (Lipinski definition) is 2. The van der Waals surface area contributed by atoms with Gasteiger partial charge in [-0.05, 0) is 37.5 Å². The van der Waals surface area contributed by atoms with Gasteiger partial charge in [0.05, 0.1) is 11.2 Å². The molecule has 0 radical (unpaired) electrons. The van der Waals surface area contributed by atoms with Gasteiger partial charge < -0.3 is 5.11 Å². The largest absolute Gasteiger partial charge is 0.416 e. The van der Waals surface area contributed by atoms with E-state index in [4.69, 9.17) is 0 Å². The summed E-state index contributed by atoms with van der Waals surface area (Å²) in [6.45, 7) is 3.91. The fourth-order valence-corrected chi connectivity index (χ4v) is 2.79. The minimum Gasteiger partial charge on any atom is -0.390 e. The summed E-state index contributed by atoms with van der Waals surface area (Å²) in [5, 5.41) is 9.88. The van der Waals surface area contributed by atoms with Gasteiger partial charge in [-0.15, -0.1) is 0 Å². The minimum absolute atomic E-state index is 0.477. The maximum atomic E-state index is 12.6. The predicted octanol–water partition coefficient (Wildman–Crippen LogP) is 3.81. The first-order chi connectivity index (χ1) is 9.17. The number of benzene rings is 1. The molecule has 0 atom stereocenters. The minimum atomic E-state index is -4.31. The summed E-state index contributed by atoms with van der Waals surface area (Å²) in [4.78, 5) is 2.14. The van der Waals surface area contributed by atoms with Crippen LogP contribution in [0.25, 0.3) is 0 Å². The van der Waals surface area contributed by atoms with E-state index in [1.807, 2.05) is 6.92 Å². The van der Waals surface area contributed by atoms with E-state index in [0.29, 0.717) is 23.9 Å². The Balaban J connectivity index is 2.04. The van der Waals surface area contributed by atoms with E-state index in [1.54, 1.807) is 0 Å². The molecule has 1 heterocycles. The summed E-state index contributed by atoms with van der Waals surface area (Å²) in [7, 11) is 0. The molecule has 2 nitrogen and oxygen atoms in total. The Morgan fingerprint density at radius 3 is 2.40 bits per heavy atom. The van der Waals surface area contributed by atoms with Crippen LogP contribution in [0.5, 0.6) is 0 Å². The Morgan fingerprint density at radius 2 is 1.90 bits per heavy atom. The SMILES string of the molecule is CC1(O)CCN(Cc2ccc(C(F)(F)F)cc2Br)CC1. The summed E-state index contributed by atoms with van der Waals surface area (Å²) in [5.74, 6) is 0. The van der Waals surface area contributed by atoms with Crippen molar-refractivity contribution in [3.63, 3.8) is 0 Å². The van der Waals surface area contributed by atoms with Crippen molar-refractivity contribution in [2.45, 2.75) is 38.1 Å². The van der Waals surface area contributed by atoms with E-state index in [1.165, 1.54) is 6.07 Å². The zero-order chi connectivity index (χ0) is 15.0. The van der Waals surface area contributed by atoms with E-state index < -0.39 is 17.3 Å². The van der Waals surface area contributed by atoms with Gasteiger partial charge in [-0.25, -0.2) is 0 Å². The number of alkyl halides is 3. The highest BCUT2D eigenvalue weighted by Crippen LogP contribution is 2.33. The molecule has 1 N–H and O–H groups in total. The number of likely N-dealkylation sites (tertiary alicyclic amines) is 1. The highest BCUT2D eigenvalue weighted by Gasteiger charge is 2.31. The lowest BCUT2D eigenvalue weighted by molar-refractivity contribution is -0.137. The Bertz CT molecular complexity index is 478. The highest BCUT2D eigenvalue weighted by molar-refractivity contribution is 9.10. The van der Waals surface area contributed by atoms with Gasteiger partial charge in [0.1, 0.15) is 0 Å². The molecule has 0 saturated carbocycles. The van der Waals surface area contributed by atoms with Crippen LogP contribution < -0.4 is 0 Å². The second-order valence-electron chi connectivity index (χ2n) is 5.58. The molecule has 1 aromatic rings. The number of nitrogens with zero attached hydrogens (tertiary/aromatic N) is 1. The van der Waals surface area contributed by atoms with Gasteiger partial charge in [0.2, 0.25) is 0 Å². The van der Waals surface area contributed by atoms with E-state index in [-0.39, 0.29) is 0 Å². The van der Waals surface area contributed by atoms with Gasteiger partial charge >= 0.3 is 6.18 Å².